The Kier molecular flexibility index (Phi) is 2.82. The molecule has 0 N–H and O–H groups in total. The van der Waals surface area contributed by atoms with Gasteiger partial charge in [-0.1, -0.05) is 6.07 Å². The van der Waals surface area contributed by atoms with Gasteiger partial charge in [-0.15, -0.1) is 10.2 Å². The zero-order chi connectivity index (χ0) is 10.1. The van der Waals surface area contributed by atoms with Gasteiger partial charge in [0.1, 0.15) is 5.82 Å². The Hall–Kier alpha value is -0.500. The summed E-state index contributed by atoms with van der Waals surface area (Å²) < 4.78 is 19.5. The Morgan fingerprint density at radius 2 is 2.14 bits per heavy atom. The first-order chi connectivity index (χ1) is 6.68. The number of rotatable bonds is 1. The van der Waals surface area contributed by atoms with Crippen molar-refractivity contribution in [1.82, 2.24) is 10.2 Å². The summed E-state index contributed by atoms with van der Waals surface area (Å²) in [6, 6.07) is 4.66. The molecule has 2 rings (SSSR count). The summed E-state index contributed by atoms with van der Waals surface area (Å²) >= 11 is 5.10. The fourth-order valence-corrected chi connectivity index (χ4v) is 1.84. The molecule has 6 heteroatoms. The van der Waals surface area contributed by atoms with E-state index in [1.54, 1.807) is 12.1 Å². The van der Waals surface area contributed by atoms with E-state index < -0.39 is 0 Å². The molecular weight excluding hydrogens is 366 g/mol. The standard InChI is InChI=1S/C8H3BrFIN2O/c9-4-2-1-3-5(10)6(4)7-12-13-8(11)14-7/h1-3H. The number of hydrogen-bond acceptors (Lipinski definition) is 3. The van der Waals surface area contributed by atoms with Crippen LogP contribution in [0.4, 0.5) is 4.39 Å². The fraction of sp³-hybridized carbons (Fsp3) is 0. The van der Waals surface area contributed by atoms with Crippen molar-refractivity contribution in [2.24, 2.45) is 0 Å². The largest absolute Gasteiger partial charge is 0.412 e. The summed E-state index contributed by atoms with van der Waals surface area (Å²) in [6.07, 6.45) is 0. The molecule has 2 aromatic rings. The highest BCUT2D eigenvalue weighted by atomic mass is 127. The molecule has 0 fully saturated rings. The predicted molar refractivity (Wildman–Crippen MR) is 60.1 cm³/mol. The van der Waals surface area contributed by atoms with Gasteiger partial charge in [0.15, 0.2) is 0 Å². The van der Waals surface area contributed by atoms with E-state index in [4.69, 9.17) is 4.42 Å². The monoisotopic (exact) mass is 368 g/mol. The number of aromatic nitrogens is 2. The van der Waals surface area contributed by atoms with Crippen LogP contribution < -0.4 is 0 Å². The first-order valence-corrected chi connectivity index (χ1v) is 5.49. The van der Waals surface area contributed by atoms with Gasteiger partial charge < -0.3 is 4.42 Å². The molecule has 0 amide bonds. The van der Waals surface area contributed by atoms with Gasteiger partial charge in [0.25, 0.3) is 9.79 Å². The van der Waals surface area contributed by atoms with Crippen molar-refractivity contribution in [2.45, 2.75) is 0 Å². The molecule has 0 saturated heterocycles. The van der Waals surface area contributed by atoms with Gasteiger partial charge in [-0.05, 0) is 28.1 Å². The van der Waals surface area contributed by atoms with E-state index in [0.717, 1.165) is 0 Å². The van der Waals surface area contributed by atoms with Gasteiger partial charge >= 0.3 is 0 Å². The van der Waals surface area contributed by atoms with Crippen LogP contribution in [0, 0.1) is 9.71 Å². The minimum atomic E-state index is -0.389. The lowest BCUT2D eigenvalue weighted by atomic mass is 10.2. The van der Waals surface area contributed by atoms with Gasteiger partial charge in [0.05, 0.1) is 5.56 Å². The molecule has 0 saturated carbocycles. The summed E-state index contributed by atoms with van der Waals surface area (Å²) in [4.78, 5) is 0. The molecule has 0 radical (unpaired) electrons. The Morgan fingerprint density at radius 3 is 2.71 bits per heavy atom. The SMILES string of the molecule is Fc1cccc(Br)c1-c1nnc(I)o1. The number of halogens is 3. The molecule has 14 heavy (non-hydrogen) atoms. The van der Waals surface area contributed by atoms with E-state index >= 15 is 0 Å². The van der Waals surface area contributed by atoms with Gasteiger partial charge in [0.2, 0.25) is 0 Å². The molecule has 1 heterocycles. The van der Waals surface area contributed by atoms with Crippen LogP contribution in [0.15, 0.2) is 27.1 Å². The summed E-state index contributed by atoms with van der Waals surface area (Å²) in [5.41, 5.74) is 0.294. The average molecular weight is 369 g/mol. The summed E-state index contributed by atoms with van der Waals surface area (Å²) in [5, 5.41) is 7.37. The van der Waals surface area contributed by atoms with E-state index in [9.17, 15) is 4.39 Å². The van der Waals surface area contributed by atoms with E-state index in [1.165, 1.54) is 6.07 Å². The van der Waals surface area contributed by atoms with Crippen molar-refractivity contribution < 1.29 is 8.81 Å². The summed E-state index contributed by atoms with van der Waals surface area (Å²) in [5.74, 6) is -0.209. The Bertz CT molecular complexity index is 454. The van der Waals surface area contributed by atoms with E-state index in [1.807, 2.05) is 22.6 Å². The maximum Gasteiger partial charge on any atom is 0.278 e. The van der Waals surface area contributed by atoms with E-state index in [2.05, 4.69) is 26.1 Å². The molecule has 0 bridgehead atoms. The number of hydrogen-bond donors (Lipinski definition) is 0. The highest BCUT2D eigenvalue weighted by Gasteiger charge is 2.14. The lowest BCUT2D eigenvalue weighted by Gasteiger charge is -1.99. The Balaban J connectivity index is 2.61. The van der Waals surface area contributed by atoms with E-state index in [0.29, 0.717) is 13.9 Å². The summed E-state index contributed by atoms with van der Waals surface area (Å²) in [7, 11) is 0. The Morgan fingerprint density at radius 1 is 1.36 bits per heavy atom. The molecule has 72 valence electrons. The first-order valence-electron chi connectivity index (χ1n) is 3.62. The molecule has 0 aliphatic rings. The smallest absolute Gasteiger partial charge is 0.278 e. The molecule has 1 aromatic heterocycles. The van der Waals surface area contributed by atoms with E-state index in [-0.39, 0.29) is 11.7 Å². The topological polar surface area (TPSA) is 38.9 Å². The van der Waals surface area contributed by atoms with Gasteiger partial charge in [-0.3, -0.25) is 0 Å². The molecule has 1 aromatic carbocycles. The number of nitrogens with zero attached hydrogens (tertiary/aromatic N) is 2. The molecule has 0 aliphatic heterocycles. The lowest BCUT2D eigenvalue weighted by molar-refractivity contribution is 0.529. The normalized spacial score (nSPS) is 10.5. The minimum Gasteiger partial charge on any atom is -0.412 e. The highest BCUT2D eigenvalue weighted by molar-refractivity contribution is 14.1. The third-order valence-corrected chi connectivity index (χ3v) is 2.67. The molecular formula is C8H3BrFIN2O. The highest BCUT2D eigenvalue weighted by Crippen LogP contribution is 2.29. The van der Waals surface area contributed by atoms with Crippen molar-refractivity contribution in [3.63, 3.8) is 0 Å². The van der Waals surface area contributed by atoms with Crippen molar-refractivity contribution >= 4 is 38.5 Å². The van der Waals surface area contributed by atoms with Crippen molar-refractivity contribution in [3.05, 3.63) is 32.4 Å². The second kappa shape index (κ2) is 3.93. The molecule has 0 atom stereocenters. The zero-order valence-electron chi connectivity index (χ0n) is 6.67. The quantitative estimate of drug-likeness (QED) is 0.725. The van der Waals surface area contributed by atoms with Crippen molar-refractivity contribution in [2.75, 3.05) is 0 Å². The predicted octanol–water partition coefficient (Wildman–Crippen LogP) is 3.24. The maximum absolute atomic E-state index is 13.4. The van der Waals surface area contributed by atoms with Gasteiger partial charge in [-0.2, -0.15) is 0 Å². The van der Waals surface area contributed by atoms with Crippen LogP contribution in [0.2, 0.25) is 0 Å². The van der Waals surface area contributed by atoms with Gasteiger partial charge in [0, 0.05) is 27.1 Å². The summed E-state index contributed by atoms with van der Waals surface area (Å²) in [6.45, 7) is 0. The van der Waals surface area contributed by atoms with Crippen molar-refractivity contribution in [1.29, 1.82) is 0 Å². The third-order valence-electron chi connectivity index (χ3n) is 1.58. The van der Waals surface area contributed by atoms with Crippen LogP contribution >= 0.6 is 38.5 Å². The average Bonchev–Trinajstić information content (AvgIpc) is 2.51. The van der Waals surface area contributed by atoms with Crippen LogP contribution in [0.25, 0.3) is 11.5 Å². The van der Waals surface area contributed by atoms with Crippen LogP contribution in [0.5, 0.6) is 0 Å². The molecule has 0 unspecified atom stereocenters. The molecule has 3 nitrogen and oxygen atoms in total. The molecule has 0 spiro atoms. The second-order valence-corrected chi connectivity index (χ2v) is 4.23. The first kappa shape index (κ1) is 10.0. The number of benzene rings is 1. The van der Waals surface area contributed by atoms with Crippen LogP contribution in [-0.4, -0.2) is 10.2 Å². The molecule has 0 aliphatic carbocycles. The van der Waals surface area contributed by atoms with Crippen LogP contribution in [-0.2, 0) is 0 Å². The second-order valence-electron chi connectivity index (χ2n) is 2.46. The van der Waals surface area contributed by atoms with Gasteiger partial charge in [-0.25, -0.2) is 4.39 Å². The zero-order valence-corrected chi connectivity index (χ0v) is 10.4. The van der Waals surface area contributed by atoms with Crippen LogP contribution in [0.3, 0.4) is 0 Å². The Labute approximate surface area is 101 Å². The van der Waals surface area contributed by atoms with Crippen molar-refractivity contribution in [3.8, 4) is 11.5 Å². The minimum absolute atomic E-state index is 0.180. The fourth-order valence-electron chi connectivity index (χ4n) is 1.01. The third kappa shape index (κ3) is 1.81. The van der Waals surface area contributed by atoms with Crippen LogP contribution in [0.1, 0.15) is 0 Å². The maximum atomic E-state index is 13.4. The lowest BCUT2D eigenvalue weighted by Crippen LogP contribution is -1.85.